The van der Waals surface area contributed by atoms with Gasteiger partial charge in [0.25, 0.3) is 0 Å². The van der Waals surface area contributed by atoms with E-state index in [4.69, 9.17) is 15.8 Å². The summed E-state index contributed by atoms with van der Waals surface area (Å²) in [5, 5.41) is 26.8. The molecule has 0 saturated carbocycles. The molecule has 0 radical (unpaired) electrons. The predicted molar refractivity (Wildman–Crippen MR) is 80.7 cm³/mol. The van der Waals surface area contributed by atoms with Gasteiger partial charge in [0.2, 0.25) is 0 Å². The third kappa shape index (κ3) is 7.23. The van der Waals surface area contributed by atoms with Crippen molar-refractivity contribution in [1.82, 2.24) is 0 Å². The number of aliphatic imine (C=N–C) groups is 1. The van der Waals surface area contributed by atoms with Crippen molar-refractivity contribution in [2.45, 2.75) is 37.5 Å². The molecule has 0 aromatic rings. The Morgan fingerprint density at radius 3 is 2.55 bits per heavy atom. The summed E-state index contributed by atoms with van der Waals surface area (Å²) >= 11 is 0. The first-order valence-corrected chi connectivity index (χ1v) is 6.48. The molecule has 0 aliphatic rings. The monoisotopic (exact) mass is 282 g/mol. The highest BCUT2D eigenvalue weighted by Crippen LogP contribution is 2.21. The predicted octanol–water partition coefficient (Wildman–Crippen LogP) is 0.615. The number of carbonyl (C=O) groups is 1. The normalized spacial score (nSPS) is 15.1. The highest BCUT2D eigenvalue weighted by molar-refractivity contribution is 6.40. The van der Waals surface area contributed by atoms with Crippen molar-refractivity contribution in [3.8, 4) is 0 Å². The number of carboxylic acid groups (broad SMARTS) is 1. The lowest BCUT2D eigenvalue weighted by Gasteiger charge is -2.25. The number of carboxylic acids is 1. The summed E-state index contributed by atoms with van der Waals surface area (Å²) in [6.07, 6.45) is 6.41. The van der Waals surface area contributed by atoms with Crippen molar-refractivity contribution in [2.75, 3.05) is 7.05 Å². The standard InChI is InChI=1S/C13H23BN2O4/c1-3-6-11(10-16-2)9-13(15,12(17)18)7-4-5-8-14(19)20/h3,6,10,19-20H,1,4-5,7-9,15H2,2H3,(H,17,18)/b11-6-,16-10?. The molecule has 0 spiro atoms. The zero-order chi connectivity index (χ0) is 15.6. The quantitative estimate of drug-likeness (QED) is 0.203. The van der Waals surface area contributed by atoms with Crippen molar-refractivity contribution in [1.29, 1.82) is 0 Å². The van der Waals surface area contributed by atoms with Crippen LogP contribution < -0.4 is 5.73 Å². The van der Waals surface area contributed by atoms with E-state index in [-0.39, 0.29) is 19.2 Å². The molecular weight excluding hydrogens is 259 g/mol. The molecule has 1 atom stereocenters. The van der Waals surface area contributed by atoms with E-state index in [2.05, 4.69) is 11.6 Å². The fourth-order valence-corrected chi connectivity index (χ4v) is 1.87. The molecule has 0 aliphatic heterocycles. The number of hydrogen-bond donors (Lipinski definition) is 4. The van der Waals surface area contributed by atoms with Gasteiger partial charge < -0.3 is 20.9 Å². The van der Waals surface area contributed by atoms with Crippen LogP contribution in [0.5, 0.6) is 0 Å². The topological polar surface area (TPSA) is 116 Å². The molecule has 0 aromatic carbocycles. The first-order chi connectivity index (χ1) is 9.35. The fourth-order valence-electron chi connectivity index (χ4n) is 1.87. The summed E-state index contributed by atoms with van der Waals surface area (Å²) in [6.45, 7) is 3.57. The average molecular weight is 282 g/mol. The molecule has 0 aliphatic carbocycles. The Balaban J connectivity index is 4.70. The van der Waals surface area contributed by atoms with Gasteiger partial charge in [-0.15, -0.1) is 0 Å². The summed E-state index contributed by atoms with van der Waals surface area (Å²) in [6, 6.07) is 0. The molecule has 20 heavy (non-hydrogen) atoms. The number of unbranched alkanes of at least 4 members (excludes halogenated alkanes) is 1. The fraction of sp³-hybridized carbons (Fsp3) is 0.538. The zero-order valence-electron chi connectivity index (χ0n) is 11.8. The number of aliphatic carboxylic acids is 1. The Morgan fingerprint density at radius 1 is 1.45 bits per heavy atom. The van der Waals surface area contributed by atoms with Crippen molar-refractivity contribution in [2.24, 2.45) is 10.7 Å². The van der Waals surface area contributed by atoms with Crippen LogP contribution in [0.4, 0.5) is 0 Å². The molecule has 1 unspecified atom stereocenters. The van der Waals surface area contributed by atoms with Crippen LogP contribution in [-0.2, 0) is 4.79 Å². The van der Waals surface area contributed by atoms with E-state index in [0.717, 1.165) is 0 Å². The SMILES string of the molecule is C=C/C=C(\C=NC)CC(N)(CCCCB(O)O)C(=O)O. The summed E-state index contributed by atoms with van der Waals surface area (Å²) in [7, 11) is 0.230. The average Bonchev–Trinajstić information content (AvgIpc) is 2.35. The van der Waals surface area contributed by atoms with Crippen LogP contribution in [0.1, 0.15) is 25.7 Å². The van der Waals surface area contributed by atoms with E-state index >= 15 is 0 Å². The zero-order valence-corrected chi connectivity index (χ0v) is 11.8. The van der Waals surface area contributed by atoms with Crippen LogP contribution in [0.3, 0.4) is 0 Å². The van der Waals surface area contributed by atoms with Gasteiger partial charge in [-0.2, -0.15) is 0 Å². The van der Waals surface area contributed by atoms with Gasteiger partial charge in [-0.3, -0.25) is 9.79 Å². The van der Waals surface area contributed by atoms with Crippen molar-refractivity contribution >= 4 is 19.3 Å². The second kappa shape index (κ2) is 9.47. The molecule has 0 bridgehead atoms. The third-order valence-corrected chi connectivity index (χ3v) is 2.91. The third-order valence-electron chi connectivity index (χ3n) is 2.91. The van der Waals surface area contributed by atoms with Gasteiger partial charge in [-0.1, -0.05) is 31.6 Å². The first kappa shape index (κ1) is 18.6. The van der Waals surface area contributed by atoms with Crippen molar-refractivity contribution in [3.63, 3.8) is 0 Å². The van der Waals surface area contributed by atoms with Gasteiger partial charge in [0.15, 0.2) is 0 Å². The lowest BCUT2D eigenvalue weighted by molar-refractivity contribution is -0.143. The molecule has 112 valence electrons. The summed E-state index contributed by atoms with van der Waals surface area (Å²) in [4.78, 5) is 15.2. The maximum absolute atomic E-state index is 11.4. The van der Waals surface area contributed by atoms with Gasteiger partial charge in [-0.05, 0) is 18.3 Å². The van der Waals surface area contributed by atoms with Gasteiger partial charge in [0, 0.05) is 19.7 Å². The summed E-state index contributed by atoms with van der Waals surface area (Å²) in [5.41, 5.74) is 5.25. The highest BCUT2D eigenvalue weighted by atomic mass is 16.4. The highest BCUT2D eigenvalue weighted by Gasteiger charge is 2.33. The second-order valence-electron chi connectivity index (χ2n) is 4.73. The molecule has 0 saturated heterocycles. The number of nitrogens with two attached hydrogens (primary N) is 1. The van der Waals surface area contributed by atoms with E-state index in [1.165, 1.54) is 0 Å². The second-order valence-corrected chi connectivity index (χ2v) is 4.73. The smallest absolute Gasteiger partial charge is 0.451 e. The number of nitrogens with zero attached hydrogens (tertiary/aromatic N) is 1. The number of rotatable bonds is 10. The van der Waals surface area contributed by atoms with Crippen molar-refractivity contribution < 1.29 is 19.9 Å². The van der Waals surface area contributed by atoms with Crippen LogP contribution in [0, 0.1) is 0 Å². The minimum absolute atomic E-state index is 0.146. The lowest BCUT2D eigenvalue weighted by atomic mass is 9.81. The maximum atomic E-state index is 11.4. The molecule has 0 rings (SSSR count). The van der Waals surface area contributed by atoms with Crippen LogP contribution in [0.25, 0.3) is 0 Å². The minimum atomic E-state index is -1.39. The van der Waals surface area contributed by atoms with Crippen LogP contribution in [0.2, 0.25) is 6.32 Å². The Kier molecular flexibility index (Phi) is 8.79. The van der Waals surface area contributed by atoms with Gasteiger partial charge in [0.05, 0.1) is 0 Å². The maximum Gasteiger partial charge on any atom is 0.451 e. The van der Waals surface area contributed by atoms with Gasteiger partial charge in [-0.25, -0.2) is 0 Å². The van der Waals surface area contributed by atoms with Crippen LogP contribution in [-0.4, -0.2) is 47.0 Å². The van der Waals surface area contributed by atoms with E-state index in [1.54, 1.807) is 25.4 Å². The molecular formula is C13H23BN2O4. The summed E-state index contributed by atoms with van der Waals surface area (Å²) in [5.74, 6) is -1.08. The van der Waals surface area contributed by atoms with Gasteiger partial charge in [0.1, 0.15) is 5.54 Å². The van der Waals surface area contributed by atoms with E-state index in [1.807, 2.05) is 0 Å². The molecule has 7 heteroatoms. The van der Waals surface area contributed by atoms with E-state index in [9.17, 15) is 9.90 Å². The van der Waals surface area contributed by atoms with Crippen LogP contribution in [0.15, 0.2) is 29.3 Å². The van der Waals surface area contributed by atoms with Crippen LogP contribution >= 0.6 is 0 Å². The summed E-state index contributed by atoms with van der Waals surface area (Å²) < 4.78 is 0. The molecule has 6 nitrogen and oxygen atoms in total. The lowest BCUT2D eigenvalue weighted by Crippen LogP contribution is -2.48. The number of allylic oxidation sites excluding steroid dienone is 2. The molecule has 0 aromatic heterocycles. The molecule has 0 heterocycles. The Morgan fingerprint density at radius 2 is 2.10 bits per heavy atom. The molecule has 5 N–H and O–H groups in total. The van der Waals surface area contributed by atoms with E-state index < -0.39 is 18.6 Å². The Labute approximate surface area is 119 Å². The molecule has 0 amide bonds. The van der Waals surface area contributed by atoms with E-state index in [0.29, 0.717) is 18.4 Å². The Hall–Kier alpha value is -1.44. The van der Waals surface area contributed by atoms with Crippen molar-refractivity contribution in [3.05, 3.63) is 24.3 Å². The Bertz CT molecular complexity index is 383. The largest absolute Gasteiger partial charge is 0.480 e. The minimum Gasteiger partial charge on any atom is -0.480 e. The molecule has 0 fully saturated rings. The van der Waals surface area contributed by atoms with Gasteiger partial charge >= 0.3 is 13.1 Å². The first-order valence-electron chi connectivity index (χ1n) is 6.48. The number of hydrogen-bond acceptors (Lipinski definition) is 5.